The molecule has 0 spiro atoms. The van der Waals surface area contributed by atoms with Crippen LogP contribution < -0.4 is 21.1 Å². The molecule has 0 radical (unpaired) electrons. The number of rotatable bonds is 12. The first-order valence-electron chi connectivity index (χ1n) is 13.7. The van der Waals surface area contributed by atoms with Gasteiger partial charge in [0, 0.05) is 24.0 Å². The largest absolute Gasteiger partial charge is 0.435 e. The van der Waals surface area contributed by atoms with E-state index in [0.29, 0.717) is 25.1 Å². The topological polar surface area (TPSA) is 144 Å². The number of nitrogens with two attached hydrogens (primary N) is 1. The number of nitrogens with one attached hydrogen (secondary N) is 2. The summed E-state index contributed by atoms with van der Waals surface area (Å²) in [5, 5.41) is 9.16. The van der Waals surface area contributed by atoms with Gasteiger partial charge in [-0.1, -0.05) is 5.16 Å². The highest BCUT2D eigenvalue weighted by atomic mass is 19.1. The predicted molar refractivity (Wildman–Crippen MR) is 152 cm³/mol. The molecule has 1 saturated heterocycles. The van der Waals surface area contributed by atoms with Gasteiger partial charge < -0.3 is 30.8 Å². The maximum absolute atomic E-state index is 15.0. The Hall–Kier alpha value is -4.65. The number of nitrogens with zero attached hydrogens (tertiary/aromatic N) is 4. The van der Waals surface area contributed by atoms with Gasteiger partial charge in [0.2, 0.25) is 17.7 Å². The summed E-state index contributed by atoms with van der Waals surface area (Å²) in [6.45, 7) is 3.60. The molecule has 2 aliphatic rings. The van der Waals surface area contributed by atoms with Crippen LogP contribution in [-0.4, -0.2) is 59.1 Å². The Labute approximate surface area is 241 Å². The van der Waals surface area contributed by atoms with Gasteiger partial charge in [0.05, 0.1) is 6.21 Å². The number of likely N-dealkylation sites (tertiary alicyclic amines) is 1. The standard InChI is InChI=1S/C29H31F2N7O4/c30-19-4-6-20(7-5-19)36-27(39)29(10-11-29)28(40)37-21-8-9-24(23(31)16-21)42-26-22(25(32)33-18-34-26)17-35-41-15-3-14-38-12-1-2-13-38/h4-9,16-18H,1-3,10-15H2,(H,36,39)(H,37,40)(H2,32,33,34)/b35-17+. The lowest BCUT2D eigenvalue weighted by atomic mass is 10.0. The van der Waals surface area contributed by atoms with Gasteiger partial charge in [0.15, 0.2) is 11.6 Å². The van der Waals surface area contributed by atoms with Crippen molar-refractivity contribution in [2.75, 3.05) is 42.6 Å². The van der Waals surface area contributed by atoms with Gasteiger partial charge in [0.25, 0.3) is 0 Å². The summed E-state index contributed by atoms with van der Waals surface area (Å²) in [5.41, 5.74) is 5.40. The summed E-state index contributed by atoms with van der Waals surface area (Å²) in [5.74, 6) is -2.45. The fourth-order valence-electron chi connectivity index (χ4n) is 4.58. The van der Waals surface area contributed by atoms with Gasteiger partial charge in [-0.05, 0) is 81.6 Å². The van der Waals surface area contributed by atoms with Crippen molar-refractivity contribution in [1.82, 2.24) is 14.9 Å². The van der Waals surface area contributed by atoms with E-state index in [1.807, 2.05) is 0 Å². The van der Waals surface area contributed by atoms with Crippen LogP contribution >= 0.6 is 0 Å². The van der Waals surface area contributed by atoms with Gasteiger partial charge in [-0.25, -0.2) is 18.7 Å². The van der Waals surface area contributed by atoms with Crippen LogP contribution in [0.3, 0.4) is 0 Å². The normalized spacial score (nSPS) is 15.9. The van der Waals surface area contributed by atoms with Gasteiger partial charge in [-0.3, -0.25) is 9.59 Å². The minimum absolute atomic E-state index is 0.0306. The van der Waals surface area contributed by atoms with Crippen LogP contribution in [0.25, 0.3) is 0 Å². The van der Waals surface area contributed by atoms with E-state index in [1.54, 1.807) is 0 Å². The average molecular weight is 580 g/mol. The second-order valence-electron chi connectivity index (χ2n) is 10.2. The first-order chi connectivity index (χ1) is 20.3. The predicted octanol–water partition coefficient (Wildman–Crippen LogP) is 4.32. The smallest absolute Gasteiger partial charge is 0.240 e. The van der Waals surface area contributed by atoms with E-state index in [0.717, 1.165) is 32.1 Å². The second kappa shape index (κ2) is 12.9. The van der Waals surface area contributed by atoms with Crippen molar-refractivity contribution in [3.8, 4) is 11.6 Å². The lowest BCUT2D eigenvalue weighted by Gasteiger charge is -2.16. The summed E-state index contributed by atoms with van der Waals surface area (Å²) >= 11 is 0. The van der Waals surface area contributed by atoms with E-state index in [1.165, 1.54) is 61.8 Å². The third kappa shape index (κ3) is 6.97. The van der Waals surface area contributed by atoms with Crippen LogP contribution in [-0.2, 0) is 14.4 Å². The van der Waals surface area contributed by atoms with E-state index in [9.17, 15) is 14.0 Å². The number of halogens is 2. The number of anilines is 3. The molecule has 1 saturated carbocycles. The van der Waals surface area contributed by atoms with Gasteiger partial charge in [-0.2, -0.15) is 0 Å². The molecule has 0 atom stereocenters. The Morgan fingerprint density at radius 3 is 2.40 bits per heavy atom. The number of carbonyl (C=O) groups excluding carboxylic acids is 2. The Kier molecular flexibility index (Phi) is 8.86. The summed E-state index contributed by atoms with van der Waals surface area (Å²) < 4.78 is 33.8. The van der Waals surface area contributed by atoms with Crippen LogP contribution in [0.15, 0.2) is 53.9 Å². The molecular formula is C29H31F2N7O4. The summed E-state index contributed by atoms with van der Waals surface area (Å²) in [7, 11) is 0. The summed E-state index contributed by atoms with van der Waals surface area (Å²) in [4.78, 5) is 41.4. The molecule has 2 heterocycles. The molecule has 1 aromatic heterocycles. The molecule has 2 fully saturated rings. The molecule has 4 N–H and O–H groups in total. The number of ether oxygens (including phenoxy) is 1. The molecule has 1 aliphatic carbocycles. The molecule has 5 rings (SSSR count). The highest BCUT2D eigenvalue weighted by Crippen LogP contribution is 2.47. The third-order valence-corrected chi connectivity index (χ3v) is 7.16. The maximum Gasteiger partial charge on any atom is 0.240 e. The lowest BCUT2D eigenvalue weighted by molar-refractivity contribution is -0.131. The Morgan fingerprint density at radius 1 is 1.02 bits per heavy atom. The SMILES string of the molecule is Nc1ncnc(Oc2ccc(NC(=O)C3(C(=O)Nc4ccc(F)cc4)CC3)cc2F)c1/C=N/OCCCN1CCCC1. The average Bonchev–Trinajstić information content (AvgIpc) is 3.63. The highest BCUT2D eigenvalue weighted by Gasteiger charge is 2.56. The highest BCUT2D eigenvalue weighted by molar-refractivity contribution is 6.16. The number of oxime groups is 1. The zero-order valence-electron chi connectivity index (χ0n) is 22.8. The van der Waals surface area contributed by atoms with Crippen molar-refractivity contribution in [3.63, 3.8) is 0 Å². The van der Waals surface area contributed by atoms with Crippen molar-refractivity contribution >= 4 is 35.2 Å². The van der Waals surface area contributed by atoms with Crippen molar-refractivity contribution in [2.24, 2.45) is 10.6 Å². The number of aromatic nitrogens is 2. The fraction of sp³-hybridized carbons (Fsp3) is 0.345. The van der Waals surface area contributed by atoms with Crippen molar-refractivity contribution in [2.45, 2.75) is 32.1 Å². The van der Waals surface area contributed by atoms with Crippen LogP contribution in [0.5, 0.6) is 11.6 Å². The fourth-order valence-corrected chi connectivity index (χ4v) is 4.58. The number of amides is 2. The summed E-state index contributed by atoms with van der Waals surface area (Å²) in [6.07, 6.45) is 6.44. The van der Waals surface area contributed by atoms with Crippen molar-refractivity contribution in [1.29, 1.82) is 0 Å². The quantitative estimate of drug-likeness (QED) is 0.125. The van der Waals surface area contributed by atoms with Crippen LogP contribution in [0.2, 0.25) is 0 Å². The molecule has 11 nitrogen and oxygen atoms in total. The first-order valence-corrected chi connectivity index (χ1v) is 13.7. The van der Waals surface area contributed by atoms with Crippen LogP contribution in [0, 0.1) is 17.0 Å². The second-order valence-corrected chi connectivity index (χ2v) is 10.2. The van der Waals surface area contributed by atoms with E-state index < -0.39 is 28.9 Å². The van der Waals surface area contributed by atoms with Gasteiger partial charge in [-0.15, -0.1) is 0 Å². The summed E-state index contributed by atoms with van der Waals surface area (Å²) in [6, 6.07) is 9.05. The molecule has 2 amide bonds. The minimum Gasteiger partial charge on any atom is -0.435 e. The van der Waals surface area contributed by atoms with Crippen LogP contribution in [0.1, 0.15) is 37.7 Å². The zero-order chi connectivity index (χ0) is 29.5. The molecule has 220 valence electrons. The van der Waals surface area contributed by atoms with Crippen molar-refractivity contribution < 1.29 is 27.9 Å². The number of nitrogen functional groups attached to an aromatic ring is 1. The molecule has 1 aliphatic heterocycles. The van der Waals surface area contributed by atoms with Crippen molar-refractivity contribution in [3.05, 3.63) is 66.0 Å². The Morgan fingerprint density at radius 2 is 1.71 bits per heavy atom. The maximum atomic E-state index is 15.0. The number of carbonyl (C=O) groups is 2. The first kappa shape index (κ1) is 28.9. The molecule has 42 heavy (non-hydrogen) atoms. The third-order valence-electron chi connectivity index (χ3n) is 7.16. The minimum atomic E-state index is -1.29. The number of hydrogen-bond acceptors (Lipinski definition) is 9. The van der Waals surface area contributed by atoms with Gasteiger partial charge >= 0.3 is 0 Å². The Balaban J connectivity index is 1.18. The molecule has 0 bridgehead atoms. The molecule has 0 unspecified atom stereocenters. The van der Waals surface area contributed by atoms with Crippen LogP contribution in [0.4, 0.5) is 26.0 Å². The van der Waals surface area contributed by atoms with E-state index in [4.69, 9.17) is 15.3 Å². The molecule has 3 aromatic rings. The van der Waals surface area contributed by atoms with E-state index >= 15 is 4.39 Å². The van der Waals surface area contributed by atoms with E-state index in [-0.39, 0.29) is 28.7 Å². The molecule has 2 aromatic carbocycles. The monoisotopic (exact) mass is 579 g/mol. The lowest BCUT2D eigenvalue weighted by Crippen LogP contribution is -2.35. The van der Waals surface area contributed by atoms with Gasteiger partial charge in [0.1, 0.15) is 35.5 Å². The van der Waals surface area contributed by atoms with E-state index in [2.05, 4.69) is 30.7 Å². The Bertz CT molecular complexity index is 1460. The zero-order valence-corrected chi connectivity index (χ0v) is 22.8. The number of hydrogen-bond donors (Lipinski definition) is 3. The molecular weight excluding hydrogens is 548 g/mol. The molecule has 13 heteroatoms. The number of benzene rings is 2.